The quantitative estimate of drug-likeness (QED) is 0.699. The fourth-order valence-corrected chi connectivity index (χ4v) is 7.49. The lowest BCUT2D eigenvalue weighted by Gasteiger charge is -2.52. The first kappa shape index (κ1) is 18.3. The van der Waals surface area contributed by atoms with E-state index >= 15 is 0 Å². The fourth-order valence-electron chi connectivity index (χ4n) is 7.49. The Labute approximate surface area is 157 Å². The highest BCUT2D eigenvalue weighted by Gasteiger charge is 2.55. The van der Waals surface area contributed by atoms with E-state index in [2.05, 4.69) is 13.0 Å². The molecule has 0 heterocycles. The van der Waals surface area contributed by atoms with Crippen molar-refractivity contribution in [1.29, 1.82) is 0 Å². The topological polar surface area (TPSA) is 54.4 Å². The molecule has 0 spiro atoms. The normalized spacial score (nSPS) is 43.7. The van der Waals surface area contributed by atoms with Crippen LogP contribution in [-0.4, -0.2) is 16.9 Å². The molecule has 3 nitrogen and oxygen atoms in total. The van der Waals surface area contributed by atoms with Gasteiger partial charge in [-0.3, -0.25) is 9.59 Å². The van der Waals surface area contributed by atoms with Gasteiger partial charge in [-0.05, 0) is 99.4 Å². The zero-order chi connectivity index (χ0) is 18.3. The first-order chi connectivity index (χ1) is 12.6. The Morgan fingerprint density at radius 1 is 1.00 bits per heavy atom. The second-order valence-electron chi connectivity index (χ2n) is 9.38. The van der Waals surface area contributed by atoms with Crippen molar-refractivity contribution in [2.24, 2.45) is 41.4 Å². The highest BCUT2D eigenvalue weighted by Crippen LogP contribution is 2.59. The van der Waals surface area contributed by atoms with Crippen LogP contribution in [0.4, 0.5) is 0 Å². The maximum absolute atomic E-state index is 13.5. The zero-order valence-electron chi connectivity index (χ0n) is 16.2. The molecule has 0 amide bonds. The van der Waals surface area contributed by atoms with Crippen molar-refractivity contribution < 1.29 is 14.7 Å². The van der Waals surface area contributed by atoms with Gasteiger partial charge >= 0.3 is 5.97 Å². The van der Waals surface area contributed by atoms with Gasteiger partial charge in [0.2, 0.25) is 0 Å². The molecule has 26 heavy (non-hydrogen) atoms. The van der Waals surface area contributed by atoms with E-state index in [1.54, 1.807) is 0 Å². The molecule has 1 N–H and O–H groups in total. The van der Waals surface area contributed by atoms with E-state index in [9.17, 15) is 9.59 Å². The number of Topliss-reactive ketones (excluding diaryl/α,β-unsaturated/α-hetero) is 1. The Balaban J connectivity index is 1.51. The number of aliphatic carboxylic acids is 1. The van der Waals surface area contributed by atoms with E-state index in [0.717, 1.165) is 18.8 Å². The SMILES string of the molecule is C/C=C1\C(=O)C2C3CCC(CCCC(=O)O)C3CCC2C2CCCCC12. The van der Waals surface area contributed by atoms with Crippen LogP contribution in [0, 0.1) is 41.4 Å². The molecule has 0 aromatic carbocycles. The molecule has 3 heteroatoms. The summed E-state index contributed by atoms with van der Waals surface area (Å²) in [4.78, 5) is 24.3. The van der Waals surface area contributed by atoms with Gasteiger partial charge in [-0.25, -0.2) is 0 Å². The van der Waals surface area contributed by atoms with Crippen molar-refractivity contribution in [1.82, 2.24) is 0 Å². The average Bonchev–Trinajstić information content (AvgIpc) is 3.05. The third-order valence-electron chi connectivity index (χ3n) is 8.41. The molecule has 4 fully saturated rings. The van der Waals surface area contributed by atoms with E-state index < -0.39 is 5.97 Å². The highest BCUT2D eigenvalue weighted by atomic mass is 16.4. The summed E-state index contributed by atoms with van der Waals surface area (Å²) in [5, 5.41) is 8.92. The van der Waals surface area contributed by atoms with Crippen molar-refractivity contribution >= 4 is 11.8 Å². The number of rotatable bonds is 4. The van der Waals surface area contributed by atoms with Gasteiger partial charge in [0.25, 0.3) is 0 Å². The predicted molar refractivity (Wildman–Crippen MR) is 102 cm³/mol. The number of carboxylic acids is 1. The predicted octanol–water partition coefficient (Wildman–Crippen LogP) is 5.25. The Bertz CT molecular complexity index is 592. The van der Waals surface area contributed by atoms with Gasteiger partial charge in [0, 0.05) is 12.3 Å². The van der Waals surface area contributed by atoms with Crippen LogP contribution in [0.2, 0.25) is 0 Å². The number of allylic oxidation sites excluding steroid dienone is 2. The largest absolute Gasteiger partial charge is 0.481 e. The summed E-state index contributed by atoms with van der Waals surface area (Å²) in [5.41, 5.74) is 1.17. The zero-order valence-corrected chi connectivity index (χ0v) is 16.2. The third-order valence-corrected chi connectivity index (χ3v) is 8.41. The van der Waals surface area contributed by atoms with E-state index in [4.69, 9.17) is 5.11 Å². The molecule has 0 aromatic rings. The summed E-state index contributed by atoms with van der Waals surface area (Å²) in [6.45, 7) is 2.07. The highest BCUT2D eigenvalue weighted by molar-refractivity contribution is 5.99. The molecule has 144 valence electrons. The van der Waals surface area contributed by atoms with E-state index in [-0.39, 0.29) is 5.92 Å². The van der Waals surface area contributed by atoms with Crippen LogP contribution in [0.15, 0.2) is 11.6 Å². The van der Waals surface area contributed by atoms with Crippen LogP contribution in [0.1, 0.15) is 77.6 Å². The lowest BCUT2D eigenvalue weighted by molar-refractivity contribution is -0.137. The van der Waals surface area contributed by atoms with E-state index in [1.165, 1.54) is 56.9 Å². The van der Waals surface area contributed by atoms with Crippen LogP contribution in [0.25, 0.3) is 0 Å². The van der Waals surface area contributed by atoms with Crippen LogP contribution >= 0.6 is 0 Å². The average molecular weight is 359 g/mol. The lowest BCUT2D eigenvalue weighted by Crippen LogP contribution is -2.50. The smallest absolute Gasteiger partial charge is 0.303 e. The standard InChI is InChI=1S/C23H34O3/c1-2-15-17-7-3-4-8-18(17)20-13-12-16-14(6-5-9-21(24)25)10-11-19(16)22(20)23(15)26/h2,14,16-20,22H,3-13H2,1H3,(H,24,25)/b15-2-. The molecule has 4 saturated carbocycles. The Hall–Kier alpha value is -1.12. The Morgan fingerprint density at radius 3 is 2.46 bits per heavy atom. The summed E-state index contributed by atoms with van der Waals surface area (Å²) in [6, 6.07) is 0. The molecule has 7 atom stereocenters. The first-order valence-electron chi connectivity index (χ1n) is 11.0. The number of carbonyl (C=O) groups is 2. The Morgan fingerprint density at radius 2 is 1.69 bits per heavy atom. The number of fused-ring (bicyclic) bond motifs is 5. The van der Waals surface area contributed by atoms with Crippen molar-refractivity contribution in [2.45, 2.75) is 77.6 Å². The molecule has 4 aliphatic carbocycles. The van der Waals surface area contributed by atoms with Crippen LogP contribution < -0.4 is 0 Å². The molecule has 0 aromatic heterocycles. The van der Waals surface area contributed by atoms with E-state index in [1.807, 2.05) is 0 Å². The number of carbonyl (C=O) groups excluding carboxylic acids is 1. The molecule has 7 unspecified atom stereocenters. The van der Waals surface area contributed by atoms with Gasteiger partial charge < -0.3 is 5.11 Å². The monoisotopic (exact) mass is 358 g/mol. The molecule has 0 bridgehead atoms. The van der Waals surface area contributed by atoms with Crippen molar-refractivity contribution in [3.63, 3.8) is 0 Å². The van der Waals surface area contributed by atoms with Gasteiger partial charge in [0.05, 0.1) is 0 Å². The molecule has 0 saturated heterocycles. The number of hydrogen-bond donors (Lipinski definition) is 1. The van der Waals surface area contributed by atoms with Gasteiger partial charge in [-0.15, -0.1) is 0 Å². The summed E-state index contributed by atoms with van der Waals surface area (Å²) >= 11 is 0. The maximum atomic E-state index is 13.5. The van der Waals surface area contributed by atoms with Crippen LogP contribution in [0.5, 0.6) is 0 Å². The minimum Gasteiger partial charge on any atom is -0.481 e. The van der Waals surface area contributed by atoms with Crippen molar-refractivity contribution in [3.05, 3.63) is 11.6 Å². The molecule has 4 aliphatic rings. The summed E-state index contributed by atoms with van der Waals surface area (Å²) in [5.74, 6) is 3.96. The summed E-state index contributed by atoms with van der Waals surface area (Å²) in [6.07, 6.45) is 14.4. The third kappa shape index (κ3) is 3.05. The van der Waals surface area contributed by atoms with Crippen LogP contribution in [-0.2, 0) is 9.59 Å². The minimum atomic E-state index is -0.674. The molecular weight excluding hydrogens is 324 g/mol. The van der Waals surface area contributed by atoms with Gasteiger partial charge in [-0.2, -0.15) is 0 Å². The second-order valence-corrected chi connectivity index (χ2v) is 9.38. The molecule has 0 aliphatic heterocycles. The number of hydrogen-bond acceptors (Lipinski definition) is 2. The number of ketones is 1. The second kappa shape index (κ2) is 7.48. The van der Waals surface area contributed by atoms with Crippen LogP contribution in [0.3, 0.4) is 0 Å². The van der Waals surface area contributed by atoms with Crippen molar-refractivity contribution in [2.75, 3.05) is 0 Å². The molecular formula is C23H34O3. The van der Waals surface area contributed by atoms with Gasteiger partial charge in [0.15, 0.2) is 5.78 Å². The van der Waals surface area contributed by atoms with Crippen molar-refractivity contribution in [3.8, 4) is 0 Å². The minimum absolute atomic E-state index is 0.281. The Kier molecular flexibility index (Phi) is 5.25. The fraction of sp³-hybridized carbons (Fsp3) is 0.826. The van der Waals surface area contributed by atoms with E-state index in [0.29, 0.717) is 41.8 Å². The number of carboxylic acid groups (broad SMARTS) is 1. The van der Waals surface area contributed by atoms with Gasteiger partial charge in [0.1, 0.15) is 0 Å². The maximum Gasteiger partial charge on any atom is 0.303 e. The molecule has 0 radical (unpaired) electrons. The summed E-state index contributed by atoms with van der Waals surface area (Å²) < 4.78 is 0. The van der Waals surface area contributed by atoms with Gasteiger partial charge in [-0.1, -0.05) is 18.9 Å². The first-order valence-corrected chi connectivity index (χ1v) is 11.0. The lowest BCUT2D eigenvalue weighted by atomic mass is 9.51. The summed E-state index contributed by atoms with van der Waals surface area (Å²) in [7, 11) is 0. The molecule has 4 rings (SSSR count).